The van der Waals surface area contributed by atoms with Crippen molar-refractivity contribution in [2.45, 2.75) is 74.4 Å². The molecule has 1 unspecified atom stereocenters. The van der Waals surface area contributed by atoms with E-state index in [-0.39, 0.29) is 23.0 Å². The number of carbonyl (C=O) groups is 2. The number of nitrogens with zero attached hydrogens (tertiary/aromatic N) is 3. The van der Waals surface area contributed by atoms with Gasteiger partial charge in [0.2, 0.25) is 11.0 Å². The van der Waals surface area contributed by atoms with E-state index < -0.39 is 0 Å². The summed E-state index contributed by atoms with van der Waals surface area (Å²) >= 11 is 2.99. The van der Waals surface area contributed by atoms with E-state index in [1.54, 1.807) is 0 Å². The lowest BCUT2D eigenvalue weighted by molar-refractivity contribution is -0.151. The van der Waals surface area contributed by atoms with Crippen molar-refractivity contribution in [3.63, 3.8) is 0 Å². The third kappa shape index (κ3) is 5.83. The molecular weight excluding hydrogens is 396 g/mol. The largest absolute Gasteiger partial charge is 0.466 e. The fourth-order valence-corrected chi connectivity index (χ4v) is 5.85. The molecule has 7 nitrogen and oxygen atoms in total. The van der Waals surface area contributed by atoms with Crippen LogP contribution in [-0.2, 0) is 14.3 Å². The SMILES string of the molecule is CCOC(=O)C1CCN(C(=O)C(C)Sc2nnc(NC3CCCCC3)s2)CC1. The number of aromatic nitrogens is 2. The van der Waals surface area contributed by atoms with E-state index in [2.05, 4.69) is 15.5 Å². The molecule has 2 fully saturated rings. The molecule has 0 bridgehead atoms. The van der Waals surface area contributed by atoms with Crippen LogP contribution in [0.3, 0.4) is 0 Å². The van der Waals surface area contributed by atoms with Gasteiger partial charge in [-0.15, -0.1) is 10.2 Å². The number of piperidine rings is 1. The zero-order valence-corrected chi connectivity index (χ0v) is 18.3. The van der Waals surface area contributed by atoms with E-state index in [1.807, 2.05) is 18.7 Å². The van der Waals surface area contributed by atoms with Gasteiger partial charge in [0, 0.05) is 19.1 Å². The molecule has 1 saturated carbocycles. The average molecular weight is 427 g/mol. The van der Waals surface area contributed by atoms with Crippen LogP contribution in [0.15, 0.2) is 4.34 Å². The second kappa shape index (κ2) is 10.4. The normalized spacial score (nSPS) is 20.0. The Kier molecular flexibility index (Phi) is 7.96. The van der Waals surface area contributed by atoms with Crippen molar-refractivity contribution < 1.29 is 14.3 Å². The highest BCUT2D eigenvalue weighted by Crippen LogP contribution is 2.32. The maximum atomic E-state index is 12.8. The minimum atomic E-state index is -0.213. The number of anilines is 1. The summed E-state index contributed by atoms with van der Waals surface area (Å²) in [6.45, 7) is 5.36. The molecule has 2 aliphatic rings. The van der Waals surface area contributed by atoms with Crippen LogP contribution in [0.2, 0.25) is 0 Å². The second-order valence-corrected chi connectivity index (χ2v) is 10.0. The Morgan fingerprint density at radius 2 is 1.93 bits per heavy atom. The van der Waals surface area contributed by atoms with Crippen LogP contribution in [0.4, 0.5) is 5.13 Å². The van der Waals surface area contributed by atoms with Gasteiger partial charge in [0.1, 0.15) is 0 Å². The van der Waals surface area contributed by atoms with E-state index in [9.17, 15) is 9.59 Å². The Bertz CT molecular complexity index is 655. The molecule has 1 aromatic heterocycles. The fourth-order valence-electron chi connectivity index (χ4n) is 3.79. The smallest absolute Gasteiger partial charge is 0.309 e. The van der Waals surface area contributed by atoms with Crippen LogP contribution in [-0.4, -0.2) is 58.0 Å². The van der Waals surface area contributed by atoms with E-state index in [1.165, 1.54) is 55.2 Å². The van der Waals surface area contributed by atoms with Crippen LogP contribution in [0.5, 0.6) is 0 Å². The van der Waals surface area contributed by atoms with E-state index >= 15 is 0 Å². The topological polar surface area (TPSA) is 84.4 Å². The zero-order valence-electron chi connectivity index (χ0n) is 16.7. The summed E-state index contributed by atoms with van der Waals surface area (Å²) in [7, 11) is 0. The monoisotopic (exact) mass is 426 g/mol. The number of esters is 1. The molecule has 2 heterocycles. The van der Waals surface area contributed by atoms with Crippen molar-refractivity contribution in [1.82, 2.24) is 15.1 Å². The van der Waals surface area contributed by atoms with Crippen molar-refractivity contribution in [1.29, 1.82) is 0 Å². The maximum Gasteiger partial charge on any atom is 0.309 e. The maximum absolute atomic E-state index is 12.8. The van der Waals surface area contributed by atoms with Gasteiger partial charge in [0.05, 0.1) is 17.8 Å². The van der Waals surface area contributed by atoms with Gasteiger partial charge in [-0.2, -0.15) is 0 Å². The molecule has 9 heteroatoms. The molecule has 1 N–H and O–H groups in total. The number of nitrogens with one attached hydrogen (secondary N) is 1. The van der Waals surface area contributed by atoms with Gasteiger partial charge in [-0.05, 0) is 39.5 Å². The molecule has 1 amide bonds. The number of amides is 1. The first-order valence-corrected chi connectivity index (χ1v) is 12.0. The Morgan fingerprint density at radius 1 is 1.21 bits per heavy atom. The van der Waals surface area contributed by atoms with Crippen molar-refractivity contribution in [2.75, 3.05) is 25.0 Å². The summed E-state index contributed by atoms with van der Waals surface area (Å²) < 4.78 is 5.91. The molecule has 1 aromatic rings. The molecule has 3 rings (SSSR count). The molecule has 1 aliphatic carbocycles. The minimum Gasteiger partial charge on any atom is -0.466 e. The Balaban J connectivity index is 1.45. The average Bonchev–Trinajstić information content (AvgIpc) is 3.15. The zero-order chi connectivity index (χ0) is 19.9. The summed E-state index contributed by atoms with van der Waals surface area (Å²) in [6, 6.07) is 0.499. The van der Waals surface area contributed by atoms with Crippen molar-refractivity contribution in [3.05, 3.63) is 0 Å². The van der Waals surface area contributed by atoms with Gasteiger partial charge in [0.15, 0.2) is 4.34 Å². The second-order valence-electron chi connectivity index (χ2n) is 7.46. The van der Waals surface area contributed by atoms with Gasteiger partial charge >= 0.3 is 5.97 Å². The number of ether oxygens (including phenoxy) is 1. The predicted molar refractivity (Wildman–Crippen MR) is 112 cm³/mol. The molecule has 0 aromatic carbocycles. The van der Waals surface area contributed by atoms with Gasteiger partial charge in [-0.25, -0.2) is 0 Å². The fraction of sp³-hybridized carbons (Fsp3) is 0.789. The van der Waals surface area contributed by atoms with Crippen molar-refractivity contribution in [3.8, 4) is 0 Å². The van der Waals surface area contributed by atoms with Crippen molar-refractivity contribution >= 4 is 40.1 Å². The Hall–Kier alpha value is -1.35. The standard InChI is InChI=1S/C19H30N4O3S2/c1-3-26-17(25)14-9-11-23(12-10-14)16(24)13(2)27-19-22-21-18(28-19)20-15-7-5-4-6-8-15/h13-15H,3-12H2,1-2H3,(H,20,21). The Morgan fingerprint density at radius 3 is 2.61 bits per heavy atom. The van der Waals surface area contributed by atoms with Gasteiger partial charge in [-0.3, -0.25) is 9.59 Å². The van der Waals surface area contributed by atoms with Gasteiger partial charge in [0.25, 0.3) is 0 Å². The number of carbonyl (C=O) groups excluding carboxylic acids is 2. The summed E-state index contributed by atoms with van der Waals surface area (Å²) in [4.78, 5) is 26.5. The summed E-state index contributed by atoms with van der Waals surface area (Å²) in [5, 5.41) is 12.6. The van der Waals surface area contributed by atoms with Gasteiger partial charge in [-0.1, -0.05) is 42.4 Å². The molecule has 28 heavy (non-hydrogen) atoms. The molecule has 1 saturated heterocycles. The summed E-state index contributed by atoms with van der Waals surface area (Å²) in [5.74, 6) is -0.114. The van der Waals surface area contributed by atoms with Crippen molar-refractivity contribution in [2.24, 2.45) is 5.92 Å². The number of hydrogen-bond acceptors (Lipinski definition) is 8. The lowest BCUT2D eigenvalue weighted by Gasteiger charge is -2.32. The lowest BCUT2D eigenvalue weighted by atomic mass is 9.96. The van der Waals surface area contributed by atoms with E-state index in [0.717, 1.165) is 9.47 Å². The van der Waals surface area contributed by atoms with E-state index in [0.29, 0.717) is 38.6 Å². The van der Waals surface area contributed by atoms with Gasteiger partial charge < -0.3 is 15.0 Å². The van der Waals surface area contributed by atoms with E-state index in [4.69, 9.17) is 4.74 Å². The Labute approximate surface area is 175 Å². The van der Waals surface area contributed by atoms with Crippen LogP contribution >= 0.6 is 23.1 Å². The number of rotatable bonds is 7. The van der Waals surface area contributed by atoms with Crippen LogP contribution in [0, 0.1) is 5.92 Å². The first-order valence-electron chi connectivity index (χ1n) is 10.3. The van der Waals surface area contributed by atoms with Crippen LogP contribution < -0.4 is 5.32 Å². The van der Waals surface area contributed by atoms with Crippen LogP contribution in [0.1, 0.15) is 58.8 Å². The first-order chi connectivity index (χ1) is 13.6. The van der Waals surface area contributed by atoms with Crippen LogP contribution in [0.25, 0.3) is 0 Å². The molecule has 0 radical (unpaired) electrons. The third-order valence-corrected chi connectivity index (χ3v) is 7.42. The third-order valence-electron chi connectivity index (χ3n) is 5.39. The predicted octanol–water partition coefficient (Wildman–Crippen LogP) is 3.57. The minimum absolute atomic E-state index is 0.0801. The molecular formula is C19H30N4O3S2. The summed E-state index contributed by atoms with van der Waals surface area (Å²) in [6.07, 6.45) is 7.61. The quantitative estimate of drug-likeness (QED) is 0.527. The lowest BCUT2D eigenvalue weighted by Crippen LogP contribution is -2.43. The number of hydrogen-bond donors (Lipinski definition) is 1. The molecule has 156 valence electrons. The molecule has 1 aliphatic heterocycles. The first kappa shape index (κ1) is 21.4. The summed E-state index contributed by atoms with van der Waals surface area (Å²) in [5.41, 5.74) is 0. The highest BCUT2D eigenvalue weighted by molar-refractivity contribution is 8.02. The molecule has 1 atom stereocenters. The highest BCUT2D eigenvalue weighted by Gasteiger charge is 2.30. The number of thioether (sulfide) groups is 1. The number of likely N-dealkylation sites (tertiary alicyclic amines) is 1. The molecule has 0 spiro atoms. The highest BCUT2D eigenvalue weighted by atomic mass is 32.2.